The lowest BCUT2D eigenvalue weighted by atomic mass is 10.1. The monoisotopic (exact) mass is 329 g/mol. The highest BCUT2D eigenvalue weighted by atomic mass is 16.5. The van der Waals surface area contributed by atoms with Crippen LogP contribution in [0.1, 0.15) is 10.4 Å². The summed E-state index contributed by atoms with van der Waals surface area (Å²) in [6.45, 7) is 4.53. The van der Waals surface area contributed by atoms with E-state index in [2.05, 4.69) is 10.2 Å². The van der Waals surface area contributed by atoms with E-state index in [0.29, 0.717) is 13.2 Å². The highest BCUT2D eigenvalue weighted by Crippen LogP contribution is 2.21. The number of ether oxygens (including phenoxy) is 2. The van der Waals surface area contributed by atoms with Gasteiger partial charge in [0.15, 0.2) is 0 Å². The minimum atomic E-state index is -0.0273. The predicted molar refractivity (Wildman–Crippen MR) is 91.2 cm³/mol. The summed E-state index contributed by atoms with van der Waals surface area (Å²) in [5, 5.41) is 4.17. The number of fused-ring (bicyclic) bond motifs is 1. The van der Waals surface area contributed by atoms with Gasteiger partial charge in [-0.1, -0.05) is 18.2 Å². The maximum atomic E-state index is 12.8. The minimum absolute atomic E-state index is 0.0227. The van der Waals surface area contributed by atoms with E-state index in [1.165, 1.54) is 0 Å². The van der Waals surface area contributed by atoms with E-state index in [1.807, 2.05) is 42.1 Å². The van der Waals surface area contributed by atoms with E-state index < -0.39 is 0 Å². The molecule has 2 aliphatic heterocycles. The number of carbonyl (C=O) groups is 1. The van der Waals surface area contributed by atoms with Gasteiger partial charge < -0.3 is 19.4 Å². The molecule has 1 aromatic carbocycles. The van der Waals surface area contributed by atoms with Crippen molar-refractivity contribution >= 4 is 16.8 Å². The lowest BCUT2D eigenvalue weighted by Crippen LogP contribution is -2.54. The first kappa shape index (κ1) is 15.6. The molecule has 0 saturated carbocycles. The number of hydrogen-bond donors (Lipinski definition) is 1. The molecule has 0 unspecified atom stereocenters. The van der Waals surface area contributed by atoms with Crippen molar-refractivity contribution < 1.29 is 14.3 Å². The Morgan fingerprint density at radius 3 is 2.79 bits per heavy atom. The molecular formula is C18H23N3O3. The Labute approximate surface area is 141 Å². The molecule has 1 amide bonds. The number of carbonyl (C=O) groups excluding carboxylic acids is 1. The first-order valence-electron chi connectivity index (χ1n) is 8.48. The molecule has 1 aromatic heterocycles. The number of benzene rings is 1. The van der Waals surface area contributed by atoms with Crippen LogP contribution in [0.5, 0.6) is 0 Å². The average molecular weight is 329 g/mol. The van der Waals surface area contributed by atoms with Gasteiger partial charge in [0.25, 0.3) is 5.91 Å². The summed E-state index contributed by atoms with van der Waals surface area (Å²) >= 11 is 0. The van der Waals surface area contributed by atoms with Crippen molar-refractivity contribution in [2.45, 2.75) is 12.1 Å². The molecule has 1 N–H and O–H groups in total. The van der Waals surface area contributed by atoms with Crippen LogP contribution in [0.2, 0.25) is 0 Å². The van der Waals surface area contributed by atoms with Gasteiger partial charge in [0.1, 0.15) is 0 Å². The van der Waals surface area contributed by atoms with Crippen LogP contribution < -0.4 is 5.32 Å². The van der Waals surface area contributed by atoms with E-state index in [9.17, 15) is 4.79 Å². The Balaban J connectivity index is 1.52. The second-order valence-electron chi connectivity index (χ2n) is 6.50. The lowest BCUT2D eigenvalue weighted by Gasteiger charge is -2.34. The molecule has 4 rings (SSSR count). The lowest BCUT2D eigenvalue weighted by molar-refractivity contribution is 0.0108. The van der Waals surface area contributed by atoms with Gasteiger partial charge >= 0.3 is 0 Å². The fraction of sp³-hybridized carbons (Fsp3) is 0.500. The molecule has 0 aliphatic carbocycles. The van der Waals surface area contributed by atoms with Crippen molar-refractivity contribution in [3.8, 4) is 0 Å². The van der Waals surface area contributed by atoms with Gasteiger partial charge in [0.2, 0.25) is 0 Å². The van der Waals surface area contributed by atoms with E-state index >= 15 is 0 Å². The zero-order chi connectivity index (χ0) is 16.5. The maximum Gasteiger partial charge on any atom is 0.253 e. The van der Waals surface area contributed by atoms with E-state index in [-0.39, 0.29) is 18.0 Å². The summed E-state index contributed by atoms with van der Waals surface area (Å²) in [7, 11) is 1.97. The molecule has 24 heavy (non-hydrogen) atoms. The predicted octanol–water partition coefficient (Wildman–Crippen LogP) is 1.01. The molecule has 2 fully saturated rings. The molecule has 6 heteroatoms. The molecular weight excluding hydrogens is 306 g/mol. The summed E-state index contributed by atoms with van der Waals surface area (Å²) in [6.07, 6.45) is 1.90. The van der Waals surface area contributed by atoms with Gasteiger partial charge in [0.05, 0.1) is 44.1 Å². The van der Waals surface area contributed by atoms with E-state index in [4.69, 9.17) is 9.47 Å². The molecule has 0 spiro atoms. The molecule has 2 saturated heterocycles. The normalized spacial score (nSPS) is 25.2. The summed E-state index contributed by atoms with van der Waals surface area (Å²) in [4.78, 5) is 15.2. The fourth-order valence-electron chi connectivity index (χ4n) is 3.72. The Morgan fingerprint density at radius 2 is 1.96 bits per heavy atom. The summed E-state index contributed by atoms with van der Waals surface area (Å²) in [5.41, 5.74) is 1.79. The first-order chi connectivity index (χ1) is 11.7. The van der Waals surface area contributed by atoms with Crippen molar-refractivity contribution in [1.29, 1.82) is 0 Å². The van der Waals surface area contributed by atoms with Crippen LogP contribution >= 0.6 is 0 Å². The minimum Gasteiger partial charge on any atom is -0.379 e. The van der Waals surface area contributed by atoms with Crippen LogP contribution in [-0.2, 0) is 16.5 Å². The number of hydrogen-bond acceptors (Lipinski definition) is 4. The number of aryl methyl sites for hydroxylation is 1. The molecule has 2 atom stereocenters. The third-order valence-electron chi connectivity index (χ3n) is 5.02. The Kier molecular flexibility index (Phi) is 4.26. The Bertz CT molecular complexity index is 736. The highest BCUT2D eigenvalue weighted by Gasteiger charge is 2.35. The molecule has 2 aromatic rings. The number of rotatable bonds is 3. The highest BCUT2D eigenvalue weighted by molar-refractivity contribution is 6.07. The van der Waals surface area contributed by atoms with Gasteiger partial charge in [-0.2, -0.15) is 0 Å². The molecule has 128 valence electrons. The van der Waals surface area contributed by atoms with Crippen molar-refractivity contribution in [1.82, 2.24) is 14.8 Å². The molecule has 0 radical (unpaired) electrons. The van der Waals surface area contributed by atoms with Crippen LogP contribution in [0.25, 0.3) is 10.9 Å². The second-order valence-corrected chi connectivity index (χ2v) is 6.50. The number of para-hydroxylation sites is 1. The van der Waals surface area contributed by atoms with E-state index in [0.717, 1.165) is 42.8 Å². The fourth-order valence-corrected chi connectivity index (χ4v) is 3.72. The van der Waals surface area contributed by atoms with Crippen molar-refractivity contribution in [2.24, 2.45) is 7.05 Å². The van der Waals surface area contributed by atoms with Crippen LogP contribution in [0.15, 0.2) is 30.5 Å². The van der Waals surface area contributed by atoms with Crippen molar-refractivity contribution in [3.63, 3.8) is 0 Å². The summed E-state index contributed by atoms with van der Waals surface area (Å²) in [5.74, 6) is -0.0273. The third kappa shape index (κ3) is 2.81. The zero-order valence-corrected chi connectivity index (χ0v) is 13.9. The average Bonchev–Trinajstić information content (AvgIpc) is 3.21. The summed E-state index contributed by atoms with van der Waals surface area (Å²) < 4.78 is 13.1. The summed E-state index contributed by atoms with van der Waals surface area (Å²) in [6, 6.07) is 8.23. The first-order valence-corrected chi connectivity index (χ1v) is 8.48. The number of aromatic nitrogens is 1. The van der Waals surface area contributed by atoms with E-state index in [1.54, 1.807) is 0 Å². The second kappa shape index (κ2) is 6.55. The number of amides is 1. The van der Waals surface area contributed by atoms with Crippen LogP contribution in [0.4, 0.5) is 0 Å². The molecule has 6 nitrogen and oxygen atoms in total. The Morgan fingerprint density at radius 1 is 1.17 bits per heavy atom. The van der Waals surface area contributed by atoms with Gasteiger partial charge in [-0.15, -0.1) is 0 Å². The standard InChI is InChI=1S/C18H23N3O3/c1-20-10-14(13-4-2-3-5-16(13)20)18(22)19-15-11-24-12-17(15)21-6-8-23-9-7-21/h2-5,10,15,17H,6-9,11-12H2,1H3,(H,19,22)/t15-,17-/m1/s1. The van der Waals surface area contributed by atoms with Gasteiger partial charge in [-0.25, -0.2) is 0 Å². The van der Waals surface area contributed by atoms with Gasteiger partial charge in [-0.05, 0) is 6.07 Å². The third-order valence-corrected chi connectivity index (χ3v) is 5.02. The SMILES string of the molecule is Cn1cc(C(=O)N[C@@H]2COC[C@H]2N2CCOCC2)c2ccccc21. The van der Waals surface area contributed by atoms with Crippen molar-refractivity contribution in [3.05, 3.63) is 36.0 Å². The largest absolute Gasteiger partial charge is 0.379 e. The van der Waals surface area contributed by atoms with Crippen LogP contribution in [-0.4, -0.2) is 67.0 Å². The quantitative estimate of drug-likeness (QED) is 0.913. The zero-order valence-electron chi connectivity index (χ0n) is 13.9. The number of nitrogens with one attached hydrogen (secondary N) is 1. The van der Waals surface area contributed by atoms with Crippen LogP contribution in [0.3, 0.4) is 0 Å². The van der Waals surface area contributed by atoms with Gasteiger partial charge in [-0.3, -0.25) is 9.69 Å². The Hall–Kier alpha value is -1.89. The smallest absolute Gasteiger partial charge is 0.253 e. The topological polar surface area (TPSA) is 55.7 Å². The van der Waals surface area contributed by atoms with Crippen LogP contribution in [0, 0.1) is 0 Å². The maximum absolute atomic E-state index is 12.8. The molecule has 2 aliphatic rings. The van der Waals surface area contributed by atoms with Gasteiger partial charge in [0, 0.05) is 37.2 Å². The molecule has 0 bridgehead atoms. The number of nitrogens with zero attached hydrogens (tertiary/aromatic N) is 2. The van der Waals surface area contributed by atoms with Crippen molar-refractivity contribution in [2.75, 3.05) is 39.5 Å². The molecule has 3 heterocycles. The number of morpholine rings is 1.